The smallest absolute Gasteiger partial charge is 0.228 e. The van der Waals surface area contributed by atoms with Crippen LogP contribution in [0.25, 0.3) is 0 Å². The Morgan fingerprint density at radius 1 is 1.13 bits per heavy atom. The first-order valence-corrected chi connectivity index (χ1v) is 7.01. The molecule has 1 amide bonds. The molecule has 23 heavy (non-hydrogen) atoms. The second kappa shape index (κ2) is 7.40. The molecule has 6 heteroatoms. The summed E-state index contributed by atoms with van der Waals surface area (Å²) in [7, 11) is 3.05. The second-order valence-corrected chi connectivity index (χ2v) is 4.90. The Morgan fingerprint density at radius 3 is 2.48 bits per heavy atom. The van der Waals surface area contributed by atoms with Gasteiger partial charge in [0.15, 0.2) is 5.78 Å². The lowest BCUT2D eigenvalue weighted by molar-refractivity contribution is -0.115. The van der Waals surface area contributed by atoms with E-state index in [1.54, 1.807) is 30.3 Å². The van der Waals surface area contributed by atoms with Crippen molar-refractivity contribution in [2.45, 2.75) is 13.3 Å². The Balaban J connectivity index is 2.12. The number of hydrogen-bond acceptors (Lipinski definition) is 5. The van der Waals surface area contributed by atoms with E-state index in [0.29, 0.717) is 28.4 Å². The van der Waals surface area contributed by atoms with Gasteiger partial charge in [0.2, 0.25) is 11.8 Å². The molecular weight excluding hydrogens is 296 g/mol. The highest BCUT2D eigenvalue weighted by atomic mass is 16.5. The summed E-state index contributed by atoms with van der Waals surface area (Å²) in [6.45, 7) is 1.48. The summed E-state index contributed by atoms with van der Waals surface area (Å²) in [6.07, 6.45) is 1.61. The molecule has 6 nitrogen and oxygen atoms in total. The number of aromatic nitrogens is 1. The third-order valence-electron chi connectivity index (χ3n) is 3.27. The topological polar surface area (TPSA) is 77.5 Å². The van der Waals surface area contributed by atoms with Gasteiger partial charge in [0, 0.05) is 17.2 Å². The van der Waals surface area contributed by atoms with Crippen molar-refractivity contribution in [2.24, 2.45) is 0 Å². The van der Waals surface area contributed by atoms with E-state index in [1.807, 2.05) is 0 Å². The number of ether oxygens (including phenoxy) is 2. The summed E-state index contributed by atoms with van der Waals surface area (Å²) in [4.78, 5) is 27.7. The van der Waals surface area contributed by atoms with Gasteiger partial charge in [-0.2, -0.15) is 0 Å². The molecule has 120 valence electrons. The fourth-order valence-electron chi connectivity index (χ4n) is 2.09. The van der Waals surface area contributed by atoms with Crippen LogP contribution in [-0.4, -0.2) is 30.9 Å². The summed E-state index contributed by atoms with van der Waals surface area (Å²) in [5.41, 5.74) is 1.76. The minimum atomic E-state index is -0.226. The first kappa shape index (κ1) is 16.5. The number of hydrogen-bond donors (Lipinski definition) is 1. The number of benzene rings is 1. The van der Waals surface area contributed by atoms with Gasteiger partial charge in [-0.25, -0.2) is 4.98 Å². The predicted molar refractivity (Wildman–Crippen MR) is 86.1 cm³/mol. The normalized spacial score (nSPS) is 10.0. The third kappa shape index (κ3) is 4.29. The van der Waals surface area contributed by atoms with E-state index in [9.17, 15) is 9.59 Å². The lowest BCUT2D eigenvalue weighted by Gasteiger charge is -2.10. The molecule has 1 aromatic heterocycles. The van der Waals surface area contributed by atoms with Crippen molar-refractivity contribution in [1.82, 2.24) is 4.98 Å². The highest BCUT2D eigenvalue weighted by Gasteiger charge is 2.12. The van der Waals surface area contributed by atoms with Crippen LogP contribution in [0.15, 0.2) is 36.5 Å². The van der Waals surface area contributed by atoms with E-state index in [1.165, 1.54) is 27.3 Å². The zero-order valence-electron chi connectivity index (χ0n) is 13.3. The van der Waals surface area contributed by atoms with Gasteiger partial charge in [-0.3, -0.25) is 9.59 Å². The van der Waals surface area contributed by atoms with E-state index in [2.05, 4.69) is 10.3 Å². The first-order chi connectivity index (χ1) is 11.0. The maximum atomic E-state index is 12.2. The van der Waals surface area contributed by atoms with Gasteiger partial charge >= 0.3 is 0 Å². The molecule has 0 spiro atoms. The van der Waals surface area contributed by atoms with Gasteiger partial charge in [0.05, 0.1) is 32.5 Å². The number of methoxy groups -OCH3 is 2. The fraction of sp³-hybridized carbons (Fsp3) is 0.235. The molecule has 2 aromatic rings. The molecule has 0 fully saturated rings. The van der Waals surface area contributed by atoms with Gasteiger partial charge in [-0.05, 0) is 31.2 Å². The summed E-state index contributed by atoms with van der Waals surface area (Å²) in [6, 6.07) is 8.40. The van der Waals surface area contributed by atoms with Gasteiger partial charge in [0.25, 0.3) is 0 Å². The van der Waals surface area contributed by atoms with Crippen LogP contribution in [0, 0.1) is 0 Å². The zero-order chi connectivity index (χ0) is 16.8. The monoisotopic (exact) mass is 314 g/mol. The van der Waals surface area contributed by atoms with Crippen LogP contribution in [0.3, 0.4) is 0 Å². The number of carbonyl (C=O) groups excluding carboxylic acids is 2. The molecule has 0 aliphatic carbocycles. The van der Waals surface area contributed by atoms with Crippen molar-refractivity contribution in [3.05, 3.63) is 47.7 Å². The molecule has 1 aromatic carbocycles. The molecule has 0 aliphatic heterocycles. The molecule has 1 heterocycles. The molecule has 0 saturated carbocycles. The maximum Gasteiger partial charge on any atom is 0.228 e. The Morgan fingerprint density at radius 2 is 1.91 bits per heavy atom. The van der Waals surface area contributed by atoms with Gasteiger partial charge in [0.1, 0.15) is 5.75 Å². The minimum Gasteiger partial charge on any atom is -0.496 e. The van der Waals surface area contributed by atoms with Crippen LogP contribution >= 0.6 is 0 Å². The molecule has 2 rings (SSSR count). The van der Waals surface area contributed by atoms with Crippen molar-refractivity contribution in [3.63, 3.8) is 0 Å². The Labute approximate surface area is 134 Å². The molecule has 0 radical (unpaired) electrons. The molecule has 1 N–H and O–H groups in total. The van der Waals surface area contributed by atoms with Gasteiger partial charge in [-0.15, -0.1) is 0 Å². The van der Waals surface area contributed by atoms with E-state index < -0.39 is 0 Å². The number of rotatable bonds is 6. The minimum absolute atomic E-state index is 0.0614. The quantitative estimate of drug-likeness (QED) is 0.829. The predicted octanol–water partition coefficient (Wildman–Crippen LogP) is 2.48. The summed E-state index contributed by atoms with van der Waals surface area (Å²) < 4.78 is 10.2. The number of ketones is 1. The average Bonchev–Trinajstić information content (AvgIpc) is 2.55. The van der Waals surface area contributed by atoms with E-state index >= 15 is 0 Å². The van der Waals surface area contributed by atoms with Crippen LogP contribution in [-0.2, 0) is 11.2 Å². The lowest BCUT2D eigenvalue weighted by atomic mass is 10.0. The first-order valence-electron chi connectivity index (χ1n) is 7.01. The Hall–Kier alpha value is -2.89. The van der Waals surface area contributed by atoms with Gasteiger partial charge < -0.3 is 14.8 Å². The fourth-order valence-corrected chi connectivity index (χ4v) is 2.09. The van der Waals surface area contributed by atoms with E-state index in [-0.39, 0.29) is 18.1 Å². The zero-order valence-corrected chi connectivity index (χ0v) is 13.3. The van der Waals surface area contributed by atoms with Crippen LogP contribution in [0.5, 0.6) is 11.6 Å². The molecule has 0 atom stereocenters. The average molecular weight is 314 g/mol. The maximum absolute atomic E-state index is 12.2. The standard InChI is InChI=1S/C17H18N2O4/c1-11(20)12-4-6-15(22-2)13(8-12)9-16(21)19-14-5-7-17(23-3)18-10-14/h4-8,10H,9H2,1-3H3,(H,19,21). The molecular formula is C17H18N2O4. The second-order valence-electron chi connectivity index (χ2n) is 4.90. The molecule has 0 saturated heterocycles. The Kier molecular flexibility index (Phi) is 5.30. The lowest BCUT2D eigenvalue weighted by Crippen LogP contribution is -2.15. The SMILES string of the molecule is COc1ccc(NC(=O)Cc2cc(C(C)=O)ccc2OC)cn1. The van der Waals surface area contributed by atoms with Crippen LogP contribution in [0.1, 0.15) is 22.8 Å². The van der Waals surface area contributed by atoms with Crippen molar-refractivity contribution in [1.29, 1.82) is 0 Å². The number of amides is 1. The molecule has 0 aliphatic rings. The summed E-state index contributed by atoms with van der Waals surface area (Å²) in [5, 5.41) is 2.74. The number of anilines is 1. The molecule has 0 bridgehead atoms. The third-order valence-corrected chi connectivity index (χ3v) is 3.27. The van der Waals surface area contributed by atoms with Crippen LogP contribution < -0.4 is 14.8 Å². The van der Waals surface area contributed by atoms with E-state index in [0.717, 1.165) is 0 Å². The van der Waals surface area contributed by atoms with Crippen molar-refractivity contribution >= 4 is 17.4 Å². The number of pyridine rings is 1. The molecule has 0 unspecified atom stereocenters. The van der Waals surface area contributed by atoms with Gasteiger partial charge in [-0.1, -0.05) is 0 Å². The summed E-state index contributed by atoms with van der Waals surface area (Å²) in [5.74, 6) is 0.751. The number of nitrogens with one attached hydrogen (secondary N) is 1. The van der Waals surface area contributed by atoms with Crippen LogP contribution in [0.4, 0.5) is 5.69 Å². The highest BCUT2D eigenvalue weighted by molar-refractivity contribution is 5.96. The summed E-state index contributed by atoms with van der Waals surface area (Å²) >= 11 is 0. The van der Waals surface area contributed by atoms with Crippen molar-refractivity contribution < 1.29 is 19.1 Å². The number of nitrogens with zero attached hydrogens (tertiary/aromatic N) is 1. The van der Waals surface area contributed by atoms with Crippen LogP contribution in [0.2, 0.25) is 0 Å². The Bertz CT molecular complexity index is 711. The number of carbonyl (C=O) groups is 2. The highest BCUT2D eigenvalue weighted by Crippen LogP contribution is 2.21. The van der Waals surface area contributed by atoms with Crippen molar-refractivity contribution in [3.8, 4) is 11.6 Å². The number of Topliss-reactive ketones (excluding diaryl/α,β-unsaturated/α-hetero) is 1. The largest absolute Gasteiger partial charge is 0.496 e. The van der Waals surface area contributed by atoms with E-state index in [4.69, 9.17) is 9.47 Å². The van der Waals surface area contributed by atoms with Crippen molar-refractivity contribution in [2.75, 3.05) is 19.5 Å².